The van der Waals surface area contributed by atoms with Gasteiger partial charge in [-0.2, -0.15) is 4.98 Å². The minimum Gasteiger partial charge on any atom is -0.479 e. The Morgan fingerprint density at radius 3 is 2.97 bits per heavy atom. The van der Waals surface area contributed by atoms with Crippen molar-refractivity contribution in [2.24, 2.45) is 0 Å². The van der Waals surface area contributed by atoms with E-state index in [1.54, 1.807) is 22.7 Å². The van der Waals surface area contributed by atoms with Crippen molar-refractivity contribution >= 4 is 28.3 Å². The number of likely N-dealkylation sites (N-methyl/N-ethyl adjacent to an activating group) is 1. The molecule has 0 saturated carbocycles. The molecule has 30 heavy (non-hydrogen) atoms. The second kappa shape index (κ2) is 7.29. The lowest BCUT2D eigenvalue weighted by atomic mass is 10.0. The van der Waals surface area contributed by atoms with Gasteiger partial charge in [-0.25, -0.2) is 4.52 Å². The predicted molar refractivity (Wildman–Crippen MR) is 115 cm³/mol. The van der Waals surface area contributed by atoms with Gasteiger partial charge in [0.25, 0.3) is 0 Å². The van der Waals surface area contributed by atoms with Gasteiger partial charge in [-0.3, -0.25) is 9.78 Å². The first-order chi connectivity index (χ1) is 14.6. The highest BCUT2D eigenvalue weighted by molar-refractivity contribution is 5.90. The standard InChI is InChI=1S/C22H22N6O2/c1-27-13-16(6-8-19(27)29)24-22-25-21(30-2)20-17(9-11-28(20)26-22)14-5-7-18-15(12-14)4-3-10-23-18/h3-5,7,9-12,16H,6,8,13H2,1-2H3,(H,24,26)/t16-/m1/s1. The second-order valence-electron chi connectivity index (χ2n) is 7.53. The Labute approximate surface area is 173 Å². The molecule has 1 N–H and O–H groups in total. The van der Waals surface area contributed by atoms with Crippen molar-refractivity contribution in [2.75, 3.05) is 26.0 Å². The van der Waals surface area contributed by atoms with E-state index in [0.717, 1.165) is 34.0 Å². The monoisotopic (exact) mass is 402 g/mol. The zero-order chi connectivity index (χ0) is 20.7. The number of hydrogen-bond acceptors (Lipinski definition) is 6. The molecule has 0 radical (unpaired) electrons. The molecule has 4 heterocycles. The van der Waals surface area contributed by atoms with Crippen molar-refractivity contribution in [2.45, 2.75) is 18.9 Å². The second-order valence-corrected chi connectivity index (χ2v) is 7.53. The summed E-state index contributed by atoms with van der Waals surface area (Å²) in [4.78, 5) is 22.4. The normalized spacial score (nSPS) is 16.9. The van der Waals surface area contributed by atoms with E-state index in [2.05, 4.69) is 26.4 Å². The maximum absolute atomic E-state index is 11.7. The van der Waals surface area contributed by atoms with Crippen LogP contribution in [0.15, 0.2) is 48.8 Å². The number of amides is 1. The fourth-order valence-electron chi connectivity index (χ4n) is 3.98. The molecule has 0 spiro atoms. The number of nitrogens with zero attached hydrogens (tertiary/aromatic N) is 5. The molecule has 1 amide bonds. The zero-order valence-electron chi connectivity index (χ0n) is 16.9. The van der Waals surface area contributed by atoms with Gasteiger partial charge in [0.15, 0.2) is 0 Å². The Hall–Kier alpha value is -3.68. The smallest absolute Gasteiger partial charge is 0.244 e. The van der Waals surface area contributed by atoms with E-state index in [-0.39, 0.29) is 11.9 Å². The van der Waals surface area contributed by atoms with Gasteiger partial charge in [0.2, 0.25) is 17.7 Å². The molecule has 0 bridgehead atoms. The van der Waals surface area contributed by atoms with Gasteiger partial charge in [0.1, 0.15) is 5.52 Å². The Morgan fingerprint density at radius 1 is 1.23 bits per heavy atom. The molecule has 152 valence electrons. The number of fused-ring (bicyclic) bond motifs is 2. The van der Waals surface area contributed by atoms with Crippen LogP contribution in [0.25, 0.3) is 27.5 Å². The van der Waals surface area contributed by atoms with E-state index in [4.69, 9.17) is 4.74 Å². The highest BCUT2D eigenvalue weighted by Crippen LogP contribution is 2.33. The average Bonchev–Trinajstić information content (AvgIpc) is 3.19. The van der Waals surface area contributed by atoms with E-state index in [9.17, 15) is 4.79 Å². The Morgan fingerprint density at radius 2 is 2.13 bits per heavy atom. The maximum Gasteiger partial charge on any atom is 0.244 e. The molecule has 8 nitrogen and oxygen atoms in total. The molecule has 1 aliphatic rings. The number of likely N-dealkylation sites (tertiary alicyclic amines) is 1. The summed E-state index contributed by atoms with van der Waals surface area (Å²) in [6.45, 7) is 0.630. The molecule has 4 aromatic rings. The van der Waals surface area contributed by atoms with Gasteiger partial charge in [-0.05, 0) is 36.2 Å². The van der Waals surface area contributed by atoms with Crippen molar-refractivity contribution < 1.29 is 9.53 Å². The van der Waals surface area contributed by atoms with Crippen LogP contribution in [0.1, 0.15) is 12.8 Å². The van der Waals surface area contributed by atoms with Crippen LogP contribution >= 0.6 is 0 Å². The molecule has 5 rings (SSSR count). The third-order valence-corrected chi connectivity index (χ3v) is 5.55. The van der Waals surface area contributed by atoms with E-state index < -0.39 is 0 Å². The summed E-state index contributed by atoms with van der Waals surface area (Å²) < 4.78 is 7.40. The fourth-order valence-corrected chi connectivity index (χ4v) is 3.98. The molecule has 1 aliphatic heterocycles. The molecular weight excluding hydrogens is 380 g/mol. The Bertz CT molecular complexity index is 1250. The predicted octanol–water partition coefficient (Wildman–Crippen LogP) is 2.99. The molecule has 1 aromatic carbocycles. The fraction of sp³-hybridized carbons (Fsp3) is 0.273. The third kappa shape index (κ3) is 3.20. The average molecular weight is 402 g/mol. The van der Waals surface area contributed by atoms with Crippen molar-refractivity contribution in [3.63, 3.8) is 0 Å². The summed E-state index contributed by atoms with van der Waals surface area (Å²) in [5, 5.41) is 9.05. The van der Waals surface area contributed by atoms with Crippen molar-refractivity contribution in [1.82, 2.24) is 24.5 Å². The number of aromatic nitrogens is 4. The number of rotatable bonds is 4. The molecule has 1 fully saturated rings. The van der Waals surface area contributed by atoms with Crippen molar-refractivity contribution in [3.05, 3.63) is 48.8 Å². The lowest BCUT2D eigenvalue weighted by Crippen LogP contribution is -2.43. The van der Waals surface area contributed by atoms with E-state index in [1.165, 1.54) is 0 Å². The first kappa shape index (κ1) is 18.4. The maximum atomic E-state index is 11.7. The summed E-state index contributed by atoms with van der Waals surface area (Å²) in [7, 11) is 3.43. The van der Waals surface area contributed by atoms with Crippen LogP contribution in [-0.4, -0.2) is 57.1 Å². The summed E-state index contributed by atoms with van der Waals surface area (Å²) in [5.74, 6) is 1.15. The third-order valence-electron chi connectivity index (χ3n) is 5.55. The number of pyridine rings is 1. The number of piperidine rings is 1. The van der Waals surface area contributed by atoms with Gasteiger partial charge >= 0.3 is 0 Å². The topological polar surface area (TPSA) is 84.6 Å². The van der Waals surface area contributed by atoms with Gasteiger partial charge in [0, 0.05) is 49.4 Å². The number of benzene rings is 1. The zero-order valence-corrected chi connectivity index (χ0v) is 16.9. The molecule has 0 unspecified atom stereocenters. The van der Waals surface area contributed by atoms with Crippen LogP contribution in [0, 0.1) is 0 Å². The number of carbonyl (C=O) groups excluding carboxylic acids is 1. The summed E-state index contributed by atoms with van der Waals surface area (Å²) in [5.41, 5.74) is 3.80. The van der Waals surface area contributed by atoms with Crippen LogP contribution < -0.4 is 10.1 Å². The Balaban J connectivity index is 1.52. The number of carbonyl (C=O) groups is 1. The number of ether oxygens (including phenoxy) is 1. The van der Waals surface area contributed by atoms with Crippen LogP contribution in [0.2, 0.25) is 0 Å². The van der Waals surface area contributed by atoms with Gasteiger partial charge in [0.05, 0.1) is 12.6 Å². The van der Waals surface area contributed by atoms with E-state index in [0.29, 0.717) is 24.8 Å². The van der Waals surface area contributed by atoms with Crippen molar-refractivity contribution in [1.29, 1.82) is 0 Å². The first-order valence-electron chi connectivity index (χ1n) is 9.91. The molecule has 8 heteroatoms. The number of hydrogen-bond donors (Lipinski definition) is 1. The molecule has 1 atom stereocenters. The van der Waals surface area contributed by atoms with Gasteiger partial charge in [-0.15, -0.1) is 5.10 Å². The van der Waals surface area contributed by atoms with Crippen molar-refractivity contribution in [3.8, 4) is 17.0 Å². The summed E-state index contributed by atoms with van der Waals surface area (Å²) in [6.07, 6.45) is 4.98. The summed E-state index contributed by atoms with van der Waals surface area (Å²) >= 11 is 0. The highest BCUT2D eigenvalue weighted by atomic mass is 16.5. The quantitative estimate of drug-likeness (QED) is 0.565. The molecule has 0 aliphatic carbocycles. The minimum absolute atomic E-state index is 0.109. The number of nitrogens with one attached hydrogen (secondary N) is 1. The number of anilines is 1. The van der Waals surface area contributed by atoms with E-state index in [1.807, 2.05) is 43.6 Å². The lowest BCUT2D eigenvalue weighted by Gasteiger charge is -2.30. The first-order valence-corrected chi connectivity index (χ1v) is 9.91. The van der Waals surface area contributed by atoms with Gasteiger partial charge in [-0.1, -0.05) is 12.1 Å². The minimum atomic E-state index is 0.109. The van der Waals surface area contributed by atoms with Crippen LogP contribution in [0.5, 0.6) is 5.88 Å². The number of methoxy groups -OCH3 is 1. The van der Waals surface area contributed by atoms with E-state index >= 15 is 0 Å². The lowest BCUT2D eigenvalue weighted by molar-refractivity contribution is -0.132. The van der Waals surface area contributed by atoms with Crippen LogP contribution in [0.3, 0.4) is 0 Å². The molecule has 3 aromatic heterocycles. The molecule has 1 saturated heterocycles. The van der Waals surface area contributed by atoms with Crippen LogP contribution in [-0.2, 0) is 4.79 Å². The van der Waals surface area contributed by atoms with Gasteiger partial charge < -0.3 is 15.0 Å². The Kier molecular flexibility index (Phi) is 4.46. The highest BCUT2D eigenvalue weighted by Gasteiger charge is 2.24. The SMILES string of the molecule is COc1nc(N[C@@H]2CCC(=O)N(C)C2)nn2ccc(-c3ccc4ncccc4c3)c12. The largest absolute Gasteiger partial charge is 0.479 e. The van der Waals surface area contributed by atoms with Crippen LogP contribution in [0.4, 0.5) is 5.95 Å². The summed E-state index contributed by atoms with van der Waals surface area (Å²) in [6, 6.07) is 12.3. The molecular formula is C22H22N6O2.